The molecule has 168 valence electrons. The van der Waals surface area contributed by atoms with Crippen LogP contribution in [0, 0.1) is 0 Å². The number of benzene rings is 2. The van der Waals surface area contributed by atoms with E-state index in [9.17, 15) is 17.8 Å². The summed E-state index contributed by atoms with van der Waals surface area (Å²) in [6.07, 6.45) is -0.226. The van der Waals surface area contributed by atoms with Gasteiger partial charge in [0.1, 0.15) is 22.5 Å². The minimum Gasteiger partial charge on any atom is -0.496 e. The van der Waals surface area contributed by atoms with Crippen LogP contribution in [0.3, 0.4) is 0 Å². The number of methoxy groups -OCH3 is 1. The fourth-order valence-corrected chi connectivity index (χ4v) is 3.70. The van der Waals surface area contributed by atoms with Crippen molar-refractivity contribution in [1.29, 1.82) is 0 Å². The van der Waals surface area contributed by atoms with Gasteiger partial charge in [-0.25, -0.2) is 18.0 Å². The smallest absolute Gasteiger partial charge is 0.269 e. The van der Waals surface area contributed by atoms with Gasteiger partial charge in [0.2, 0.25) is 5.88 Å². The molecule has 11 heteroatoms. The second-order valence-electron chi connectivity index (χ2n) is 6.43. The van der Waals surface area contributed by atoms with Crippen LogP contribution in [0.4, 0.5) is 8.78 Å². The Labute approximate surface area is 195 Å². The van der Waals surface area contributed by atoms with Gasteiger partial charge in [-0.15, -0.1) is 0 Å². The predicted molar refractivity (Wildman–Crippen MR) is 119 cm³/mol. The maximum Gasteiger partial charge on any atom is 0.269 e. The SMILES string of the molecule is COc1cc(C(=O)NS(C)=O)ccc1-c1cnc(Oc2cc(Cl)cc(Cl)c2)c(C(F)F)c1. The Morgan fingerprint density at radius 2 is 1.81 bits per heavy atom. The summed E-state index contributed by atoms with van der Waals surface area (Å²) in [5, 5.41) is 0.562. The van der Waals surface area contributed by atoms with Crippen LogP contribution >= 0.6 is 23.2 Å². The maximum absolute atomic E-state index is 13.8. The van der Waals surface area contributed by atoms with Gasteiger partial charge in [0.15, 0.2) is 0 Å². The van der Waals surface area contributed by atoms with Gasteiger partial charge in [0.25, 0.3) is 12.3 Å². The van der Waals surface area contributed by atoms with Gasteiger partial charge in [-0.3, -0.25) is 9.52 Å². The van der Waals surface area contributed by atoms with Gasteiger partial charge in [0, 0.05) is 39.2 Å². The molecule has 0 fully saturated rings. The Morgan fingerprint density at radius 3 is 2.41 bits per heavy atom. The van der Waals surface area contributed by atoms with Crippen molar-refractivity contribution in [1.82, 2.24) is 9.71 Å². The molecule has 0 bridgehead atoms. The number of halogens is 4. The number of pyridine rings is 1. The van der Waals surface area contributed by atoms with Crippen molar-refractivity contribution in [2.75, 3.05) is 13.4 Å². The molecule has 1 amide bonds. The van der Waals surface area contributed by atoms with Crippen LogP contribution in [0.5, 0.6) is 17.4 Å². The number of carbonyl (C=O) groups excluding carboxylic acids is 1. The van der Waals surface area contributed by atoms with Gasteiger partial charge in [0.05, 0.1) is 12.7 Å². The quantitative estimate of drug-likeness (QED) is 0.442. The molecule has 0 aliphatic rings. The predicted octanol–water partition coefficient (Wildman–Crippen LogP) is 5.82. The summed E-state index contributed by atoms with van der Waals surface area (Å²) in [7, 11) is -0.166. The molecule has 1 N–H and O–H groups in total. The van der Waals surface area contributed by atoms with Crippen molar-refractivity contribution in [3.8, 4) is 28.5 Å². The number of alkyl halides is 2. The topological polar surface area (TPSA) is 77.5 Å². The summed E-state index contributed by atoms with van der Waals surface area (Å²) in [5.74, 6) is -0.462. The van der Waals surface area contributed by atoms with Gasteiger partial charge in [-0.05, 0) is 42.5 Å². The normalized spacial score (nSPS) is 11.8. The van der Waals surface area contributed by atoms with E-state index in [1.807, 2.05) is 0 Å². The average molecular weight is 501 g/mol. The molecule has 0 aliphatic heterocycles. The fraction of sp³-hybridized carbons (Fsp3) is 0.143. The highest BCUT2D eigenvalue weighted by atomic mass is 35.5. The van der Waals surface area contributed by atoms with Crippen molar-refractivity contribution in [2.45, 2.75) is 6.43 Å². The molecule has 2 aromatic carbocycles. The lowest BCUT2D eigenvalue weighted by atomic mass is 10.0. The monoisotopic (exact) mass is 500 g/mol. The van der Waals surface area contributed by atoms with Gasteiger partial charge in [-0.2, -0.15) is 0 Å². The van der Waals surface area contributed by atoms with E-state index in [0.717, 1.165) is 0 Å². The number of aromatic nitrogens is 1. The van der Waals surface area contributed by atoms with Gasteiger partial charge >= 0.3 is 0 Å². The number of hydrogen-bond donors (Lipinski definition) is 1. The minimum atomic E-state index is -2.89. The number of ether oxygens (including phenoxy) is 2. The standard InChI is InChI=1S/C21H16Cl2F2N2O4S/c1-30-18-6-11(20(28)27-32(2)29)3-4-16(18)12-5-17(19(24)25)21(26-10-12)31-15-8-13(22)7-14(23)9-15/h3-10,19H,1-2H3,(H,27,28). The third-order valence-electron chi connectivity index (χ3n) is 4.18. The van der Waals surface area contributed by atoms with E-state index in [2.05, 4.69) is 9.71 Å². The number of amides is 1. The van der Waals surface area contributed by atoms with Crippen molar-refractivity contribution in [3.05, 3.63) is 69.8 Å². The first-order valence-corrected chi connectivity index (χ1v) is 11.2. The second-order valence-corrected chi connectivity index (χ2v) is 8.41. The zero-order valence-corrected chi connectivity index (χ0v) is 19.0. The molecule has 1 atom stereocenters. The molecule has 1 aromatic heterocycles. The van der Waals surface area contributed by atoms with E-state index >= 15 is 0 Å². The highest BCUT2D eigenvalue weighted by molar-refractivity contribution is 7.82. The second kappa shape index (κ2) is 10.2. The van der Waals surface area contributed by atoms with E-state index < -0.39 is 28.9 Å². The number of nitrogens with zero attached hydrogens (tertiary/aromatic N) is 1. The molecule has 0 saturated heterocycles. The molecular weight excluding hydrogens is 485 g/mol. The maximum atomic E-state index is 13.8. The summed E-state index contributed by atoms with van der Waals surface area (Å²) in [4.78, 5) is 16.1. The van der Waals surface area contributed by atoms with Crippen LogP contribution in [0.15, 0.2) is 48.7 Å². The van der Waals surface area contributed by atoms with Crippen molar-refractivity contribution >= 4 is 40.1 Å². The van der Waals surface area contributed by atoms with E-state index in [1.54, 1.807) is 0 Å². The molecule has 1 heterocycles. The molecule has 0 aliphatic carbocycles. The summed E-state index contributed by atoms with van der Waals surface area (Å²) in [5.41, 5.74) is 0.484. The molecule has 0 saturated carbocycles. The first kappa shape index (κ1) is 23.9. The van der Waals surface area contributed by atoms with Crippen molar-refractivity contribution < 1.29 is 27.3 Å². The summed E-state index contributed by atoms with van der Waals surface area (Å²) < 4.78 is 51.8. The van der Waals surface area contributed by atoms with Crippen LogP contribution in [0.25, 0.3) is 11.1 Å². The number of hydrogen-bond acceptors (Lipinski definition) is 5. The van der Waals surface area contributed by atoms with E-state index in [-0.39, 0.29) is 33.0 Å². The molecule has 1 unspecified atom stereocenters. The molecule has 3 aromatic rings. The third kappa shape index (κ3) is 5.73. The lowest BCUT2D eigenvalue weighted by Crippen LogP contribution is -2.24. The highest BCUT2D eigenvalue weighted by Crippen LogP contribution is 2.38. The van der Waals surface area contributed by atoms with Crippen molar-refractivity contribution in [3.63, 3.8) is 0 Å². The first-order chi connectivity index (χ1) is 15.2. The Hall–Kier alpha value is -2.75. The fourth-order valence-electron chi connectivity index (χ4n) is 2.82. The van der Waals surface area contributed by atoms with E-state index in [1.165, 1.54) is 62.0 Å². The van der Waals surface area contributed by atoms with Gasteiger partial charge in [-0.1, -0.05) is 23.2 Å². The van der Waals surface area contributed by atoms with Crippen LogP contribution in [0.1, 0.15) is 22.3 Å². The molecule has 6 nitrogen and oxygen atoms in total. The minimum absolute atomic E-state index is 0.158. The molecule has 0 radical (unpaired) electrons. The van der Waals surface area contributed by atoms with E-state index in [0.29, 0.717) is 11.1 Å². The number of rotatable bonds is 7. The van der Waals surface area contributed by atoms with Crippen LogP contribution < -0.4 is 14.2 Å². The average Bonchev–Trinajstić information content (AvgIpc) is 2.72. The zero-order chi connectivity index (χ0) is 23.4. The number of nitrogens with one attached hydrogen (secondary N) is 1. The summed E-state index contributed by atoms with van der Waals surface area (Å²) >= 11 is 11.9. The lowest BCUT2D eigenvalue weighted by Gasteiger charge is -2.14. The van der Waals surface area contributed by atoms with Crippen molar-refractivity contribution in [2.24, 2.45) is 0 Å². The summed E-state index contributed by atoms with van der Waals surface area (Å²) in [6.45, 7) is 0. The molecular formula is C21H16Cl2F2N2O4S. The lowest BCUT2D eigenvalue weighted by molar-refractivity contribution is 0.0982. The third-order valence-corrected chi connectivity index (χ3v) is 5.08. The Morgan fingerprint density at radius 1 is 1.12 bits per heavy atom. The summed E-state index contributed by atoms with van der Waals surface area (Å²) in [6, 6.07) is 9.95. The van der Waals surface area contributed by atoms with E-state index in [4.69, 9.17) is 32.7 Å². The van der Waals surface area contributed by atoms with Crippen LogP contribution in [-0.4, -0.2) is 28.5 Å². The molecule has 0 spiro atoms. The van der Waals surface area contributed by atoms with Crippen LogP contribution in [0.2, 0.25) is 10.0 Å². The Bertz CT molecular complexity index is 1170. The molecule has 32 heavy (non-hydrogen) atoms. The number of carbonyl (C=O) groups is 1. The Balaban J connectivity index is 1.99. The largest absolute Gasteiger partial charge is 0.496 e. The molecule has 3 rings (SSSR count). The zero-order valence-electron chi connectivity index (χ0n) is 16.7. The van der Waals surface area contributed by atoms with Crippen LogP contribution in [-0.2, 0) is 11.0 Å². The van der Waals surface area contributed by atoms with Gasteiger partial charge < -0.3 is 9.47 Å². The Kier molecular flexibility index (Phi) is 7.65. The first-order valence-electron chi connectivity index (χ1n) is 8.92. The highest BCUT2D eigenvalue weighted by Gasteiger charge is 2.20.